The lowest BCUT2D eigenvalue weighted by Gasteiger charge is -2.04. The lowest BCUT2D eigenvalue weighted by molar-refractivity contribution is -0.134. The Morgan fingerprint density at radius 1 is 1.18 bits per heavy atom. The summed E-state index contributed by atoms with van der Waals surface area (Å²) in [6.07, 6.45) is 0.198. The third-order valence-electron chi connectivity index (χ3n) is 2.59. The zero-order chi connectivity index (χ0) is 12.0. The molecular weight excluding hydrogens is 247 g/mol. The Kier molecular flexibility index (Phi) is 2.13. The first kappa shape index (κ1) is 10.5. The molecule has 1 aromatic carbocycles. The summed E-state index contributed by atoms with van der Waals surface area (Å²) in [5.41, 5.74) is 0.958. The standard InChI is InChI=1S/C12H6F3NS/c13-12(14,15)11-8-6-16-5-4-7-2-1-3-9(17-11)10(7)8/h1-6H. The van der Waals surface area contributed by atoms with Crippen molar-refractivity contribution in [1.29, 1.82) is 0 Å². The number of hydrogen-bond acceptors (Lipinski definition) is 2. The summed E-state index contributed by atoms with van der Waals surface area (Å²) in [4.78, 5) is 3.28. The summed E-state index contributed by atoms with van der Waals surface area (Å²) in [6, 6.07) is 5.26. The second-order valence-corrected chi connectivity index (χ2v) is 4.71. The fourth-order valence-electron chi connectivity index (χ4n) is 1.91. The number of hydrogen-bond donors (Lipinski definition) is 0. The average molecular weight is 253 g/mol. The Balaban J connectivity index is 2.45. The van der Waals surface area contributed by atoms with Crippen LogP contribution in [0.3, 0.4) is 0 Å². The molecule has 0 amide bonds. The van der Waals surface area contributed by atoms with Gasteiger partial charge in [-0.05, 0) is 17.7 Å². The maximum absolute atomic E-state index is 12.9. The van der Waals surface area contributed by atoms with Gasteiger partial charge < -0.3 is 0 Å². The Morgan fingerprint density at radius 3 is 2.76 bits per heavy atom. The molecule has 17 heavy (non-hydrogen) atoms. The van der Waals surface area contributed by atoms with Gasteiger partial charge in [0, 0.05) is 28.1 Å². The van der Waals surface area contributed by atoms with Crippen LogP contribution in [0.25, 0.3) is 16.2 Å². The minimum Gasteiger partial charge on any atom is -0.264 e. The Bertz CT molecular complexity index is 650. The van der Waals surface area contributed by atoms with Crippen molar-refractivity contribution in [1.82, 2.24) is 0 Å². The van der Waals surface area contributed by atoms with E-state index in [9.17, 15) is 13.2 Å². The molecule has 3 rings (SSSR count). The van der Waals surface area contributed by atoms with E-state index in [-0.39, 0.29) is 5.56 Å². The predicted octanol–water partition coefficient (Wildman–Crippen LogP) is 4.32. The molecule has 0 unspecified atom stereocenters. The van der Waals surface area contributed by atoms with Gasteiger partial charge in [-0.1, -0.05) is 12.1 Å². The van der Waals surface area contributed by atoms with E-state index in [4.69, 9.17) is 0 Å². The van der Waals surface area contributed by atoms with Crippen LogP contribution in [0, 0.1) is 0 Å². The van der Waals surface area contributed by atoms with Crippen molar-refractivity contribution in [3.05, 3.63) is 40.4 Å². The predicted molar refractivity (Wildman–Crippen MR) is 63.5 cm³/mol. The molecule has 5 heteroatoms. The number of thiophene rings is 1. The van der Waals surface area contributed by atoms with Crippen LogP contribution >= 0.6 is 11.3 Å². The van der Waals surface area contributed by atoms with Gasteiger partial charge >= 0.3 is 6.18 Å². The van der Waals surface area contributed by atoms with E-state index in [0.29, 0.717) is 10.1 Å². The van der Waals surface area contributed by atoms with Crippen LogP contribution in [0.2, 0.25) is 0 Å². The minimum absolute atomic E-state index is 0.179. The van der Waals surface area contributed by atoms with Gasteiger partial charge in [0.2, 0.25) is 0 Å². The summed E-state index contributed by atoms with van der Waals surface area (Å²) >= 11 is 0.769. The SMILES string of the molecule is FC(F)(F)c1sc2cccc3c2c1C=NC=C3. The van der Waals surface area contributed by atoms with Crippen LogP contribution < -0.4 is 0 Å². The molecule has 1 aromatic heterocycles. The maximum Gasteiger partial charge on any atom is 0.426 e. The monoisotopic (exact) mass is 253 g/mol. The second kappa shape index (κ2) is 3.43. The molecule has 1 aliphatic rings. The van der Waals surface area contributed by atoms with Gasteiger partial charge in [-0.25, -0.2) is 0 Å². The van der Waals surface area contributed by atoms with E-state index < -0.39 is 11.1 Å². The van der Waals surface area contributed by atoms with Gasteiger partial charge in [0.15, 0.2) is 0 Å². The van der Waals surface area contributed by atoms with E-state index in [1.807, 2.05) is 0 Å². The van der Waals surface area contributed by atoms with Crippen molar-refractivity contribution in [2.45, 2.75) is 6.18 Å². The van der Waals surface area contributed by atoms with Crippen LogP contribution in [0.1, 0.15) is 16.0 Å². The fourth-order valence-corrected chi connectivity index (χ4v) is 2.99. The molecule has 0 radical (unpaired) electrons. The van der Waals surface area contributed by atoms with Crippen LogP contribution in [0.4, 0.5) is 13.2 Å². The van der Waals surface area contributed by atoms with Crippen LogP contribution in [-0.4, -0.2) is 6.21 Å². The number of rotatable bonds is 0. The normalized spacial score (nSPS) is 14.3. The Labute approximate surface area is 98.9 Å². The number of alkyl halides is 3. The van der Waals surface area contributed by atoms with Crippen molar-refractivity contribution in [2.24, 2.45) is 4.99 Å². The van der Waals surface area contributed by atoms with Crippen LogP contribution in [0.15, 0.2) is 29.4 Å². The number of aliphatic imine (C=N–C) groups is 1. The first-order valence-electron chi connectivity index (χ1n) is 4.90. The van der Waals surface area contributed by atoms with Gasteiger partial charge in [-0.15, -0.1) is 11.3 Å². The quantitative estimate of drug-likeness (QED) is 0.663. The molecular formula is C12H6F3NS. The molecule has 86 valence electrons. The second-order valence-electron chi connectivity index (χ2n) is 3.66. The summed E-state index contributed by atoms with van der Waals surface area (Å²) in [7, 11) is 0. The highest BCUT2D eigenvalue weighted by Crippen LogP contribution is 2.43. The van der Waals surface area contributed by atoms with E-state index >= 15 is 0 Å². The van der Waals surface area contributed by atoms with Crippen molar-refractivity contribution < 1.29 is 13.2 Å². The lowest BCUT2D eigenvalue weighted by atomic mass is 10.1. The maximum atomic E-state index is 12.9. The molecule has 0 N–H and O–H groups in total. The van der Waals surface area contributed by atoms with E-state index in [2.05, 4.69) is 4.99 Å². The van der Waals surface area contributed by atoms with Crippen molar-refractivity contribution in [2.75, 3.05) is 0 Å². The third kappa shape index (κ3) is 1.58. The van der Waals surface area contributed by atoms with Crippen molar-refractivity contribution in [3.63, 3.8) is 0 Å². The molecule has 2 aromatic rings. The molecule has 0 spiro atoms. The molecule has 0 saturated heterocycles. The first-order chi connectivity index (χ1) is 8.07. The zero-order valence-corrected chi connectivity index (χ0v) is 9.27. The van der Waals surface area contributed by atoms with Gasteiger partial charge in [-0.3, -0.25) is 4.99 Å². The minimum atomic E-state index is -4.33. The molecule has 0 bridgehead atoms. The van der Waals surface area contributed by atoms with Gasteiger partial charge in [0.05, 0.1) is 0 Å². The van der Waals surface area contributed by atoms with Gasteiger partial charge in [0.1, 0.15) is 4.88 Å². The highest BCUT2D eigenvalue weighted by atomic mass is 32.1. The van der Waals surface area contributed by atoms with Crippen LogP contribution in [0.5, 0.6) is 0 Å². The topological polar surface area (TPSA) is 12.4 Å². The summed E-state index contributed by atoms with van der Waals surface area (Å²) in [5, 5.41) is 0.641. The summed E-state index contributed by atoms with van der Waals surface area (Å²) in [6.45, 7) is 0. The van der Waals surface area contributed by atoms with Crippen molar-refractivity contribution >= 4 is 33.7 Å². The zero-order valence-electron chi connectivity index (χ0n) is 8.45. The number of halogens is 3. The molecule has 0 atom stereocenters. The van der Waals surface area contributed by atoms with Gasteiger partial charge in [-0.2, -0.15) is 13.2 Å². The molecule has 0 aliphatic carbocycles. The highest BCUT2D eigenvalue weighted by molar-refractivity contribution is 7.19. The highest BCUT2D eigenvalue weighted by Gasteiger charge is 2.36. The molecule has 2 heterocycles. The Morgan fingerprint density at radius 2 is 2.00 bits per heavy atom. The lowest BCUT2D eigenvalue weighted by Crippen LogP contribution is -2.05. The summed E-state index contributed by atoms with van der Waals surface area (Å²) in [5.74, 6) is 0. The third-order valence-corrected chi connectivity index (χ3v) is 3.80. The van der Waals surface area contributed by atoms with Gasteiger partial charge in [0.25, 0.3) is 0 Å². The Hall–Kier alpha value is -1.62. The van der Waals surface area contributed by atoms with E-state index in [0.717, 1.165) is 16.9 Å². The number of benzene rings is 1. The molecule has 1 aliphatic heterocycles. The smallest absolute Gasteiger partial charge is 0.264 e. The van der Waals surface area contributed by atoms with Crippen LogP contribution in [-0.2, 0) is 6.18 Å². The summed E-state index contributed by atoms with van der Waals surface area (Å²) < 4.78 is 39.3. The fraction of sp³-hybridized carbons (Fsp3) is 0.0833. The first-order valence-corrected chi connectivity index (χ1v) is 5.71. The molecule has 0 fully saturated rings. The molecule has 0 saturated carbocycles. The van der Waals surface area contributed by atoms with Crippen molar-refractivity contribution in [3.8, 4) is 0 Å². The largest absolute Gasteiger partial charge is 0.426 e. The van der Waals surface area contributed by atoms with E-state index in [1.54, 1.807) is 24.3 Å². The average Bonchev–Trinajstić information content (AvgIpc) is 2.50. The number of nitrogens with zero attached hydrogens (tertiary/aromatic N) is 1. The van der Waals surface area contributed by atoms with E-state index in [1.165, 1.54) is 12.4 Å². The molecule has 1 nitrogen and oxygen atoms in total.